The molecule has 0 aliphatic carbocycles. The van der Waals surface area contributed by atoms with Gasteiger partial charge in [0, 0.05) is 25.7 Å². The van der Waals surface area contributed by atoms with E-state index in [4.69, 9.17) is 4.74 Å². The Labute approximate surface area is 97.5 Å². The Balaban J connectivity index is 2.10. The second-order valence-corrected chi connectivity index (χ2v) is 6.36. The molecule has 0 unspecified atom stereocenters. The van der Waals surface area contributed by atoms with Gasteiger partial charge in [0.25, 0.3) is 10.2 Å². The van der Waals surface area contributed by atoms with E-state index in [0.717, 1.165) is 19.3 Å². The average Bonchev–Trinajstić information content (AvgIpc) is 2.30. The molecule has 0 N–H and O–H groups in total. The molecule has 0 saturated carbocycles. The van der Waals surface area contributed by atoms with Crippen LogP contribution in [0.4, 0.5) is 0 Å². The van der Waals surface area contributed by atoms with Crippen molar-refractivity contribution < 1.29 is 13.2 Å². The van der Waals surface area contributed by atoms with Gasteiger partial charge in [-0.2, -0.15) is 17.0 Å². The summed E-state index contributed by atoms with van der Waals surface area (Å²) in [6.07, 6.45) is 3.09. The van der Waals surface area contributed by atoms with Crippen molar-refractivity contribution in [3.05, 3.63) is 0 Å². The lowest BCUT2D eigenvalue weighted by Gasteiger charge is -2.37. The fourth-order valence-electron chi connectivity index (χ4n) is 2.34. The van der Waals surface area contributed by atoms with E-state index >= 15 is 0 Å². The lowest BCUT2D eigenvalue weighted by Crippen LogP contribution is -2.52. The van der Waals surface area contributed by atoms with Crippen LogP contribution in [0.1, 0.15) is 26.2 Å². The summed E-state index contributed by atoms with van der Waals surface area (Å²) < 4.78 is 33.1. The van der Waals surface area contributed by atoms with Gasteiger partial charge in [0.2, 0.25) is 0 Å². The van der Waals surface area contributed by atoms with Crippen molar-refractivity contribution in [2.24, 2.45) is 0 Å². The molecule has 0 aromatic heterocycles. The predicted molar refractivity (Wildman–Crippen MR) is 61.3 cm³/mol. The van der Waals surface area contributed by atoms with Gasteiger partial charge in [-0.05, 0) is 19.8 Å². The second kappa shape index (κ2) is 5.00. The molecule has 16 heavy (non-hydrogen) atoms. The Kier molecular flexibility index (Phi) is 3.84. The molecule has 94 valence electrons. The van der Waals surface area contributed by atoms with Crippen molar-refractivity contribution in [2.45, 2.75) is 32.2 Å². The molecule has 6 heteroatoms. The van der Waals surface area contributed by atoms with Crippen LogP contribution in [0.2, 0.25) is 0 Å². The fourth-order valence-corrected chi connectivity index (χ4v) is 4.17. The molecule has 2 aliphatic heterocycles. The first-order chi connectivity index (χ1) is 7.62. The number of hydrogen-bond acceptors (Lipinski definition) is 3. The predicted octanol–water partition coefficient (Wildman–Crippen LogP) is 0.438. The van der Waals surface area contributed by atoms with Crippen LogP contribution in [0.3, 0.4) is 0 Å². The smallest absolute Gasteiger partial charge is 0.282 e. The number of morpholine rings is 1. The molecule has 0 aromatic rings. The molecule has 2 rings (SSSR count). The van der Waals surface area contributed by atoms with Crippen molar-refractivity contribution in [3.63, 3.8) is 0 Å². The van der Waals surface area contributed by atoms with Crippen molar-refractivity contribution in [2.75, 3.05) is 32.8 Å². The van der Waals surface area contributed by atoms with Crippen LogP contribution in [-0.4, -0.2) is 55.9 Å². The Morgan fingerprint density at radius 3 is 2.44 bits per heavy atom. The van der Waals surface area contributed by atoms with Crippen LogP contribution < -0.4 is 0 Å². The van der Waals surface area contributed by atoms with Crippen LogP contribution >= 0.6 is 0 Å². The van der Waals surface area contributed by atoms with Crippen LogP contribution in [-0.2, 0) is 14.9 Å². The highest BCUT2D eigenvalue weighted by Crippen LogP contribution is 2.22. The average molecular weight is 248 g/mol. The summed E-state index contributed by atoms with van der Waals surface area (Å²) >= 11 is 0. The minimum atomic E-state index is -3.25. The molecular weight excluding hydrogens is 228 g/mol. The topological polar surface area (TPSA) is 49.9 Å². The van der Waals surface area contributed by atoms with Gasteiger partial charge < -0.3 is 4.74 Å². The Morgan fingerprint density at radius 1 is 1.12 bits per heavy atom. The second-order valence-electron chi connectivity index (χ2n) is 4.47. The van der Waals surface area contributed by atoms with Crippen molar-refractivity contribution in [3.8, 4) is 0 Å². The van der Waals surface area contributed by atoms with Gasteiger partial charge in [0.05, 0.1) is 13.2 Å². The number of ether oxygens (including phenoxy) is 1. The van der Waals surface area contributed by atoms with Crippen LogP contribution in [0.25, 0.3) is 0 Å². The first kappa shape index (κ1) is 12.3. The Bertz CT molecular complexity index is 325. The quantitative estimate of drug-likeness (QED) is 0.712. The lowest BCUT2D eigenvalue weighted by atomic mass is 10.1. The molecule has 5 nitrogen and oxygen atoms in total. The third-order valence-electron chi connectivity index (χ3n) is 3.33. The molecule has 1 atom stereocenters. The molecule has 0 radical (unpaired) electrons. The van der Waals surface area contributed by atoms with Gasteiger partial charge >= 0.3 is 0 Å². The van der Waals surface area contributed by atoms with Gasteiger partial charge in [-0.3, -0.25) is 0 Å². The molecule has 0 spiro atoms. The largest absolute Gasteiger partial charge is 0.379 e. The van der Waals surface area contributed by atoms with E-state index in [0.29, 0.717) is 32.8 Å². The minimum absolute atomic E-state index is 0.140. The van der Waals surface area contributed by atoms with Gasteiger partial charge in [-0.25, -0.2) is 0 Å². The number of piperidine rings is 1. The van der Waals surface area contributed by atoms with E-state index in [-0.39, 0.29) is 6.04 Å². The highest BCUT2D eigenvalue weighted by molar-refractivity contribution is 7.86. The van der Waals surface area contributed by atoms with Crippen molar-refractivity contribution >= 4 is 10.2 Å². The zero-order chi connectivity index (χ0) is 11.6. The third-order valence-corrected chi connectivity index (χ3v) is 5.49. The molecular formula is C10H20N2O3S. The van der Waals surface area contributed by atoms with Crippen LogP contribution in [0, 0.1) is 0 Å². The number of rotatable bonds is 2. The number of nitrogens with zero attached hydrogens (tertiary/aromatic N) is 2. The van der Waals surface area contributed by atoms with E-state index in [1.54, 1.807) is 8.61 Å². The molecule has 0 bridgehead atoms. The zero-order valence-corrected chi connectivity index (χ0v) is 10.6. The van der Waals surface area contributed by atoms with E-state index in [1.165, 1.54) is 0 Å². The van der Waals surface area contributed by atoms with Crippen molar-refractivity contribution in [1.29, 1.82) is 0 Å². The molecule has 2 heterocycles. The maximum absolute atomic E-state index is 12.3. The Hall–Kier alpha value is -0.170. The standard InChI is InChI=1S/C10H20N2O3S/c1-10-4-2-3-5-12(10)16(13,14)11-6-8-15-9-7-11/h10H,2-9H2,1H3/t10-/m1/s1. The summed E-state index contributed by atoms with van der Waals surface area (Å²) in [5.74, 6) is 0. The molecule has 2 fully saturated rings. The van der Waals surface area contributed by atoms with Crippen LogP contribution in [0.15, 0.2) is 0 Å². The van der Waals surface area contributed by atoms with Gasteiger partial charge in [-0.15, -0.1) is 0 Å². The maximum Gasteiger partial charge on any atom is 0.282 e. The summed E-state index contributed by atoms with van der Waals surface area (Å²) in [5, 5.41) is 0. The monoisotopic (exact) mass is 248 g/mol. The molecule has 2 saturated heterocycles. The van der Waals surface area contributed by atoms with E-state index in [1.807, 2.05) is 6.92 Å². The Morgan fingerprint density at radius 2 is 1.81 bits per heavy atom. The first-order valence-corrected chi connectivity index (χ1v) is 7.37. The first-order valence-electron chi connectivity index (χ1n) is 5.97. The SMILES string of the molecule is C[C@@H]1CCCCN1S(=O)(=O)N1CCOCC1. The summed E-state index contributed by atoms with van der Waals surface area (Å²) in [6.45, 7) is 4.68. The summed E-state index contributed by atoms with van der Waals surface area (Å²) in [6, 6.07) is 0.140. The molecule has 0 amide bonds. The van der Waals surface area contributed by atoms with Crippen LogP contribution in [0.5, 0.6) is 0 Å². The van der Waals surface area contributed by atoms with Gasteiger partial charge in [0.15, 0.2) is 0 Å². The molecule has 0 aromatic carbocycles. The molecule has 2 aliphatic rings. The zero-order valence-electron chi connectivity index (χ0n) is 9.76. The normalized spacial score (nSPS) is 30.4. The highest BCUT2D eigenvalue weighted by atomic mass is 32.2. The van der Waals surface area contributed by atoms with E-state index in [2.05, 4.69) is 0 Å². The highest BCUT2D eigenvalue weighted by Gasteiger charge is 2.35. The van der Waals surface area contributed by atoms with E-state index in [9.17, 15) is 8.42 Å². The lowest BCUT2D eigenvalue weighted by molar-refractivity contribution is 0.0685. The summed E-state index contributed by atoms with van der Waals surface area (Å²) in [4.78, 5) is 0. The summed E-state index contributed by atoms with van der Waals surface area (Å²) in [7, 11) is -3.25. The van der Waals surface area contributed by atoms with Gasteiger partial charge in [-0.1, -0.05) is 6.42 Å². The van der Waals surface area contributed by atoms with Crippen molar-refractivity contribution in [1.82, 2.24) is 8.61 Å². The minimum Gasteiger partial charge on any atom is -0.379 e. The number of hydrogen-bond donors (Lipinski definition) is 0. The fraction of sp³-hybridized carbons (Fsp3) is 1.00. The van der Waals surface area contributed by atoms with E-state index < -0.39 is 10.2 Å². The third kappa shape index (κ3) is 2.40. The maximum atomic E-state index is 12.3. The van der Waals surface area contributed by atoms with Gasteiger partial charge in [0.1, 0.15) is 0 Å². The summed E-state index contributed by atoms with van der Waals surface area (Å²) in [5.41, 5.74) is 0.